The topological polar surface area (TPSA) is 139 Å². The van der Waals surface area contributed by atoms with Crippen LogP contribution in [0.15, 0.2) is 12.7 Å². The molecule has 2 unspecified atom stereocenters. The number of nitrogens with two attached hydrogens (primary N) is 1. The summed E-state index contributed by atoms with van der Waals surface area (Å²) in [6, 6.07) is -0.729. The molecule has 0 aliphatic heterocycles. The Balaban J connectivity index is 1.50. The second kappa shape index (κ2) is 11.7. The minimum Gasteiger partial charge on any atom is -0.461 e. The minimum atomic E-state index is -0.694. The second-order valence-corrected chi connectivity index (χ2v) is 15.0. The van der Waals surface area contributed by atoms with Crippen LogP contribution in [0.25, 0.3) is 0 Å². The molecule has 1 amide bonds. The molecule has 40 heavy (non-hydrogen) atoms. The van der Waals surface area contributed by atoms with Crippen LogP contribution >= 0.6 is 11.8 Å². The Morgan fingerprint density at radius 2 is 1.93 bits per heavy atom. The summed E-state index contributed by atoms with van der Waals surface area (Å²) in [6.45, 7) is 14.1. The fourth-order valence-corrected chi connectivity index (χ4v) is 9.70. The van der Waals surface area contributed by atoms with E-state index in [0.717, 1.165) is 19.3 Å². The van der Waals surface area contributed by atoms with Crippen molar-refractivity contribution in [3.8, 4) is 0 Å². The highest BCUT2D eigenvalue weighted by Gasteiger charge is 2.68. The summed E-state index contributed by atoms with van der Waals surface area (Å²) < 4.78 is 6.32. The number of rotatable bonds is 7. The van der Waals surface area contributed by atoms with Gasteiger partial charge in [0.1, 0.15) is 11.9 Å². The number of amides is 1. The molecule has 4 aliphatic carbocycles. The lowest BCUT2D eigenvalue weighted by molar-refractivity contribution is -0.205. The Hall–Kier alpha value is -1.42. The molecule has 0 spiro atoms. The van der Waals surface area contributed by atoms with Crippen LogP contribution in [0.1, 0.15) is 86.0 Å². The summed E-state index contributed by atoms with van der Waals surface area (Å²) in [5.41, 5.74) is 4.14. The second-order valence-electron chi connectivity index (χ2n) is 13.8. The van der Waals surface area contributed by atoms with Crippen LogP contribution < -0.4 is 11.1 Å². The number of ketones is 1. The van der Waals surface area contributed by atoms with Gasteiger partial charge in [-0.2, -0.15) is 0 Å². The summed E-state index contributed by atoms with van der Waals surface area (Å²) in [5, 5.41) is 25.2. The quantitative estimate of drug-likeness (QED) is 0.266. The lowest BCUT2D eigenvalue weighted by atomic mass is 9.44. The van der Waals surface area contributed by atoms with Crippen LogP contribution in [0, 0.1) is 34.0 Å². The van der Waals surface area contributed by atoms with Gasteiger partial charge in [-0.05, 0) is 69.1 Å². The van der Waals surface area contributed by atoms with Crippen LogP contribution in [0.2, 0.25) is 0 Å². The summed E-state index contributed by atoms with van der Waals surface area (Å²) >= 11 is 1.39. The molecular formula is C31H50N2O6S. The molecule has 9 heteroatoms. The van der Waals surface area contributed by atoms with Crippen LogP contribution in [0.5, 0.6) is 0 Å². The Morgan fingerprint density at radius 1 is 1.23 bits per heavy atom. The fraction of sp³-hybridized carbons (Fsp3) is 0.839. The van der Waals surface area contributed by atoms with E-state index in [9.17, 15) is 24.6 Å². The number of carbonyl (C=O) groups excluding carboxylic acids is 3. The molecule has 226 valence electrons. The number of esters is 1. The molecule has 5 N–H and O–H groups in total. The van der Waals surface area contributed by atoms with Gasteiger partial charge in [0.25, 0.3) is 0 Å². The zero-order chi connectivity index (χ0) is 29.6. The first kappa shape index (κ1) is 31.5. The van der Waals surface area contributed by atoms with Gasteiger partial charge >= 0.3 is 5.97 Å². The van der Waals surface area contributed by atoms with Crippen LogP contribution in [-0.2, 0) is 19.1 Å². The Labute approximate surface area is 243 Å². The molecule has 4 saturated carbocycles. The van der Waals surface area contributed by atoms with E-state index in [-0.39, 0.29) is 57.9 Å². The number of aliphatic hydroxyl groups is 2. The third kappa shape index (κ3) is 5.40. The number of ether oxygens (including phenoxy) is 1. The number of hydrogen-bond donors (Lipinski definition) is 4. The van der Waals surface area contributed by atoms with E-state index < -0.39 is 35.2 Å². The molecule has 4 fully saturated rings. The van der Waals surface area contributed by atoms with Crippen LogP contribution in [0.4, 0.5) is 0 Å². The van der Waals surface area contributed by atoms with Crippen molar-refractivity contribution in [2.75, 3.05) is 5.75 Å². The number of hydrogen-bond acceptors (Lipinski definition) is 8. The smallest absolute Gasteiger partial charge is 0.316 e. The van der Waals surface area contributed by atoms with E-state index in [0.29, 0.717) is 32.1 Å². The van der Waals surface area contributed by atoms with Crippen LogP contribution in [0.3, 0.4) is 0 Å². The maximum Gasteiger partial charge on any atom is 0.316 e. The number of aliphatic hydroxyl groups excluding tert-OH is 2. The summed E-state index contributed by atoms with van der Waals surface area (Å²) in [4.78, 5) is 38.9. The van der Waals surface area contributed by atoms with Crippen molar-refractivity contribution in [1.82, 2.24) is 5.32 Å². The van der Waals surface area contributed by atoms with E-state index in [1.807, 2.05) is 6.92 Å². The predicted molar refractivity (Wildman–Crippen MR) is 156 cm³/mol. The normalized spacial score (nSPS) is 46.0. The molecule has 4 rings (SSSR count). The van der Waals surface area contributed by atoms with E-state index in [1.165, 1.54) is 11.8 Å². The summed E-state index contributed by atoms with van der Waals surface area (Å²) in [6.07, 6.45) is 5.23. The molecule has 2 bridgehead atoms. The van der Waals surface area contributed by atoms with Gasteiger partial charge in [-0.15, -0.1) is 18.3 Å². The highest BCUT2D eigenvalue weighted by atomic mass is 32.2. The molecule has 0 aromatic carbocycles. The molecule has 0 radical (unpaired) electrons. The molecule has 0 aromatic rings. The summed E-state index contributed by atoms with van der Waals surface area (Å²) in [7, 11) is 0. The van der Waals surface area contributed by atoms with Gasteiger partial charge in [0.05, 0.1) is 24.0 Å². The molecule has 8 nitrogen and oxygen atoms in total. The first-order valence-corrected chi connectivity index (χ1v) is 16.1. The third-order valence-electron chi connectivity index (χ3n) is 11.5. The lowest BCUT2D eigenvalue weighted by Gasteiger charge is -2.61. The molecule has 0 saturated heterocycles. The first-order chi connectivity index (χ1) is 18.7. The van der Waals surface area contributed by atoms with E-state index in [2.05, 4.69) is 32.7 Å². The third-order valence-corrected chi connectivity index (χ3v) is 12.9. The monoisotopic (exact) mass is 578 g/mol. The highest BCUT2D eigenvalue weighted by molar-refractivity contribution is 8.00. The predicted octanol–water partition coefficient (Wildman–Crippen LogP) is 3.37. The van der Waals surface area contributed by atoms with Crippen LogP contribution in [-0.4, -0.2) is 69.3 Å². The van der Waals surface area contributed by atoms with Crippen molar-refractivity contribution < 1.29 is 29.3 Å². The van der Waals surface area contributed by atoms with Crippen molar-refractivity contribution in [1.29, 1.82) is 0 Å². The van der Waals surface area contributed by atoms with Crippen molar-refractivity contribution in [3.05, 3.63) is 12.7 Å². The SMILES string of the molecule is C=C[C@]1(C)C[C@@H](OC(=O)CS[C@@H]2CC[C@@H](NC(=O)[C@H](C)N)C[C@H]2O)[C@]2(C)C(C)CCC3(CCC(=O)[C@H]32)[C@@H](C)[C@@H]1O. The van der Waals surface area contributed by atoms with Crippen molar-refractivity contribution in [3.63, 3.8) is 0 Å². The molecule has 12 atom stereocenters. The van der Waals surface area contributed by atoms with Gasteiger partial charge in [-0.1, -0.05) is 33.8 Å². The van der Waals surface area contributed by atoms with E-state index in [1.54, 1.807) is 13.0 Å². The maximum atomic E-state index is 13.5. The van der Waals surface area contributed by atoms with E-state index in [4.69, 9.17) is 10.5 Å². The largest absolute Gasteiger partial charge is 0.461 e. The maximum absolute atomic E-state index is 13.5. The van der Waals surface area contributed by atoms with Crippen molar-refractivity contribution in [2.45, 2.75) is 122 Å². The fourth-order valence-electron chi connectivity index (χ4n) is 8.65. The molecule has 4 aliphatic rings. The lowest BCUT2D eigenvalue weighted by Crippen LogP contribution is -2.63. The molecule has 0 aromatic heterocycles. The Morgan fingerprint density at radius 3 is 2.55 bits per heavy atom. The highest BCUT2D eigenvalue weighted by Crippen LogP contribution is 2.68. The van der Waals surface area contributed by atoms with Gasteiger partial charge in [0.2, 0.25) is 5.91 Å². The average Bonchev–Trinajstić information content (AvgIpc) is 3.26. The van der Waals surface area contributed by atoms with Gasteiger partial charge < -0.3 is 26.0 Å². The van der Waals surface area contributed by atoms with Crippen molar-refractivity contribution in [2.24, 2.45) is 39.7 Å². The van der Waals surface area contributed by atoms with Gasteiger partial charge in [-0.25, -0.2) is 0 Å². The minimum absolute atomic E-state index is 0.0690. The van der Waals surface area contributed by atoms with Gasteiger partial charge in [0, 0.05) is 34.5 Å². The average molecular weight is 579 g/mol. The summed E-state index contributed by atoms with van der Waals surface area (Å²) in [5.74, 6) is -0.406. The molecule has 0 heterocycles. The zero-order valence-electron chi connectivity index (χ0n) is 24.9. The Bertz CT molecular complexity index is 1010. The number of nitrogens with one attached hydrogen (secondary N) is 1. The van der Waals surface area contributed by atoms with Gasteiger partial charge in [-0.3, -0.25) is 14.4 Å². The number of thioether (sulfide) groups is 1. The number of carbonyl (C=O) groups is 3. The zero-order valence-corrected chi connectivity index (χ0v) is 25.7. The van der Waals surface area contributed by atoms with Crippen molar-refractivity contribution >= 4 is 29.4 Å². The Kier molecular flexibility index (Phi) is 9.21. The first-order valence-electron chi connectivity index (χ1n) is 15.1. The number of Topliss-reactive ketones (excluding diaryl/α,β-unsaturated/α-hetero) is 1. The van der Waals surface area contributed by atoms with E-state index >= 15 is 0 Å². The molecular weight excluding hydrogens is 528 g/mol. The van der Waals surface area contributed by atoms with Gasteiger partial charge in [0.15, 0.2) is 0 Å². The standard InChI is InChI=1S/C31H50N2O6S/c1-7-29(5)15-24(30(6)17(2)10-12-31(18(3)27(29)37)13-11-21(34)26(30)31)39-25(36)16-40-23-9-8-20(14-22(23)35)33-28(38)19(4)32/h7,17-20,22-24,26-27,35,37H,1,8-16,32H2,2-6H3,(H,33,38)/t17?,18-,19-,20+,22+,23+,24+,26-,27-,29+,30-,31?/m0/s1.